The van der Waals surface area contributed by atoms with Crippen molar-refractivity contribution in [3.8, 4) is 5.75 Å². The minimum absolute atomic E-state index is 0.253. The van der Waals surface area contributed by atoms with Crippen molar-refractivity contribution in [3.63, 3.8) is 0 Å². The molecule has 0 unspecified atom stereocenters. The van der Waals surface area contributed by atoms with Crippen molar-refractivity contribution in [2.45, 2.75) is 38.0 Å². The number of rotatable bonds is 9. The molecule has 38 heavy (non-hydrogen) atoms. The molecule has 8 nitrogen and oxygen atoms in total. The summed E-state index contributed by atoms with van der Waals surface area (Å²) in [7, 11) is 0. The Morgan fingerprint density at radius 3 is 2.74 bits per heavy atom. The van der Waals surface area contributed by atoms with Gasteiger partial charge in [0.25, 0.3) is 0 Å². The van der Waals surface area contributed by atoms with Gasteiger partial charge >= 0.3 is 0 Å². The molecule has 1 fully saturated rings. The van der Waals surface area contributed by atoms with Crippen LogP contribution in [0.4, 0.5) is 0 Å². The van der Waals surface area contributed by atoms with Crippen LogP contribution in [0.2, 0.25) is 0 Å². The Morgan fingerprint density at radius 2 is 2.00 bits per heavy atom. The first-order valence-electron chi connectivity index (χ1n) is 13.0. The molecular formula is C30H33N3O5. The lowest BCUT2D eigenvalue weighted by Crippen LogP contribution is -2.46. The van der Waals surface area contributed by atoms with Crippen LogP contribution in [0.15, 0.2) is 95.3 Å². The van der Waals surface area contributed by atoms with E-state index in [0.29, 0.717) is 25.9 Å². The molecule has 1 saturated heterocycles. The number of carbonyl (C=O) groups excluding carboxylic acids is 1. The lowest BCUT2D eigenvalue weighted by atomic mass is 9.92. The Kier molecular flexibility index (Phi) is 8.03. The number of nitrogens with zero attached hydrogens (tertiary/aromatic N) is 2. The third-order valence-electron chi connectivity index (χ3n) is 7.02. The molecule has 8 heteroatoms. The van der Waals surface area contributed by atoms with Crippen LogP contribution >= 0.6 is 0 Å². The van der Waals surface area contributed by atoms with Gasteiger partial charge in [0.15, 0.2) is 0 Å². The average molecular weight is 516 g/mol. The monoisotopic (exact) mass is 515 g/mol. The van der Waals surface area contributed by atoms with Crippen LogP contribution in [0, 0.1) is 5.92 Å². The van der Waals surface area contributed by atoms with E-state index in [0.717, 1.165) is 27.7 Å². The molecule has 2 heterocycles. The van der Waals surface area contributed by atoms with Gasteiger partial charge in [0.05, 0.1) is 24.6 Å². The number of fused-ring (bicyclic) bond motifs is 1. The van der Waals surface area contributed by atoms with Gasteiger partial charge in [-0.3, -0.25) is 14.6 Å². The topological polar surface area (TPSA) is 104 Å². The summed E-state index contributed by atoms with van der Waals surface area (Å²) in [4.78, 5) is 23.9. The third-order valence-corrected chi connectivity index (χ3v) is 7.02. The van der Waals surface area contributed by atoms with Gasteiger partial charge in [0.2, 0.25) is 5.91 Å². The first-order valence-corrected chi connectivity index (χ1v) is 13.0. The molecule has 1 aliphatic carbocycles. The van der Waals surface area contributed by atoms with Crippen LogP contribution < -0.4 is 20.6 Å². The van der Waals surface area contributed by atoms with Crippen molar-refractivity contribution in [2.24, 2.45) is 10.9 Å². The molecule has 0 radical (unpaired) electrons. The number of hydrogen-bond acceptors (Lipinski definition) is 7. The number of allylic oxidation sites excluding steroid dienone is 4. The number of hydrogen-bond donors (Lipinski definition) is 3. The number of nitrogens with one attached hydrogen (secondary N) is 1. The van der Waals surface area contributed by atoms with Crippen LogP contribution in [-0.2, 0) is 9.63 Å². The van der Waals surface area contributed by atoms with Crippen LogP contribution in [0.3, 0.4) is 0 Å². The highest BCUT2D eigenvalue weighted by Crippen LogP contribution is 2.32. The Hall–Kier alpha value is -3.72. The summed E-state index contributed by atoms with van der Waals surface area (Å²) in [5, 5.41) is 27.0. The molecule has 4 atom stereocenters. The number of aliphatic hydroxyl groups is 2. The van der Waals surface area contributed by atoms with E-state index in [9.17, 15) is 15.0 Å². The van der Waals surface area contributed by atoms with E-state index < -0.39 is 24.2 Å². The van der Waals surface area contributed by atoms with E-state index in [4.69, 9.17) is 9.57 Å². The molecule has 5 rings (SSSR count). The van der Waals surface area contributed by atoms with Gasteiger partial charge < -0.3 is 20.3 Å². The molecule has 0 spiro atoms. The van der Waals surface area contributed by atoms with E-state index in [1.165, 1.54) is 10.6 Å². The predicted octanol–water partition coefficient (Wildman–Crippen LogP) is 1.76. The number of para-hydroxylation sites is 2. The Morgan fingerprint density at radius 1 is 1.21 bits per heavy atom. The van der Waals surface area contributed by atoms with Crippen LogP contribution in [0.25, 0.3) is 5.57 Å². The highest BCUT2D eigenvalue weighted by Gasteiger charge is 2.48. The SMILES string of the molecule is C[C@@H](O)[C@H]1ON(/C=C2/C=CC(Oc3ccccc3)=CC2)[C@@H](C(=O)NCCC2=c3ccccc3=NC2)[C@H]1CO. The average Bonchev–Trinajstić information content (AvgIpc) is 3.52. The summed E-state index contributed by atoms with van der Waals surface area (Å²) in [5.74, 6) is 0.657. The molecular weight excluding hydrogens is 482 g/mol. The lowest BCUT2D eigenvalue weighted by molar-refractivity contribution is -0.160. The van der Waals surface area contributed by atoms with Crippen LogP contribution in [0.1, 0.15) is 19.8 Å². The highest BCUT2D eigenvalue weighted by atomic mass is 16.7. The minimum Gasteiger partial charge on any atom is -0.458 e. The standard InChI is InChI=1S/C30H33N3O5/c1-20(35)29-26(19-34)28(30(36)31-16-15-22-17-32-27-10-6-5-9-25(22)27)33(38-29)18-21-11-13-24(14-12-21)37-23-7-3-2-4-8-23/h2-11,13-14,18,20,26,28-29,34-35H,12,15-17,19H2,1H3,(H,31,36)/b21-18-/t20-,26-,28-,29-/m1/s1. The van der Waals surface area contributed by atoms with Gasteiger partial charge in [0, 0.05) is 23.9 Å². The Labute approximate surface area is 221 Å². The minimum atomic E-state index is -0.856. The molecule has 2 aromatic rings. The van der Waals surface area contributed by atoms with E-state index in [-0.39, 0.29) is 12.5 Å². The second kappa shape index (κ2) is 11.8. The van der Waals surface area contributed by atoms with E-state index in [1.54, 1.807) is 13.1 Å². The van der Waals surface area contributed by atoms with Gasteiger partial charge in [-0.15, -0.1) is 0 Å². The quantitative estimate of drug-likeness (QED) is 0.470. The molecule has 3 aliphatic rings. The van der Waals surface area contributed by atoms with Gasteiger partial charge in [-0.2, -0.15) is 0 Å². The van der Waals surface area contributed by atoms with Crippen LogP contribution in [-0.4, -0.2) is 59.1 Å². The number of hydroxylamine groups is 2. The summed E-state index contributed by atoms with van der Waals surface area (Å²) >= 11 is 0. The number of ether oxygens (including phenoxy) is 1. The zero-order valence-electron chi connectivity index (χ0n) is 21.4. The fourth-order valence-electron chi connectivity index (χ4n) is 5.06. The number of benzene rings is 2. The maximum absolute atomic E-state index is 13.4. The van der Waals surface area contributed by atoms with Crippen molar-refractivity contribution in [1.82, 2.24) is 10.4 Å². The zero-order chi connectivity index (χ0) is 26.5. The summed E-state index contributed by atoms with van der Waals surface area (Å²) in [6.07, 6.45) is 7.21. The van der Waals surface area contributed by atoms with Crippen molar-refractivity contribution >= 4 is 11.5 Å². The van der Waals surface area contributed by atoms with Gasteiger partial charge in [-0.05, 0) is 61.3 Å². The molecule has 1 amide bonds. The maximum atomic E-state index is 13.4. The summed E-state index contributed by atoms with van der Waals surface area (Å²) < 4.78 is 5.89. The smallest absolute Gasteiger partial charge is 0.245 e. The summed E-state index contributed by atoms with van der Waals surface area (Å²) in [5.41, 5.74) is 2.10. The van der Waals surface area contributed by atoms with Crippen molar-refractivity contribution in [2.75, 3.05) is 19.7 Å². The van der Waals surface area contributed by atoms with Gasteiger partial charge in [-0.1, -0.05) is 42.5 Å². The number of amides is 1. The van der Waals surface area contributed by atoms with Crippen LogP contribution in [0.5, 0.6) is 5.75 Å². The molecule has 2 aromatic carbocycles. The van der Waals surface area contributed by atoms with Crippen molar-refractivity contribution in [3.05, 3.63) is 101 Å². The molecule has 3 N–H and O–H groups in total. The number of aliphatic hydroxyl groups excluding tert-OH is 2. The molecule has 198 valence electrons. The summed E-state index contributed by atoms with van der Waals surface area (Å²) in [6, 6.07) is 16.8. The second-order valence-electron chi connectivity index (χ2n) is 9.70. The van der Waals surface area contributed by atoms with E-state index in [1.807, 2.05) is 66.8 Å². The van der Waals surface area contributed by atoms with Crippen molar-refractivity contribution in [1.29, 1.82) is 0 Å². The van der Waals surface area contributed by atoms with E-state index >= 15 is 0 Å². The first-order chi connectivity index (χ1) is 18.5. The first kappa shape index (κ1) is 25.9. The maximum Gasteiger partial charge on any atom is 0.245 e. The predicted molar refractivity (Wildman–Crippen MR) is 143 cm³/mol. The fraction of sp³-hybridized carbons (Fsp3) is 0.333. The molecule has 0 aromatic heterocycles. The van der Waals surface area contributed by atoms with Gasteiger partial charge in [-0.25, -0.2) is 5.06 Å². The zero-order valence-corrected chi connectivity index (χ0v) is 21.4. The highest BCUT2D eigenvalue weighted by molar-refractivity contribution is 5.82. The largest absolute Gasteiger partial charge is 0.458 e. The number of carbonyl (C=O) groups is 1. The van der Waals surface area contributed by atoms with Gasteiger partial charge in [0.1, 0.15) is 23.7 Å². The molecule has 0 saturated carbocycles. The normalized spacial score (nSPS) is 24.1. The lowest BCUT2D eigenvalue weighted by Gasteiger charge is -2.24. The molecule has 0 bridgehead atoms. The Bertz CT molecular complexity index is 1370. The second-order valence-corrected chi connectivity index (χ2v) is 9.70. The Balaban J connectivity index is 1.26. The summed E-state index contributed by atoms with van der Waals surface area (Å²) in [6.45, 7) is 2.40. The fourth-order valence-corrected chi connectivity index (χ4v) is 5.06. The van der Waals surface area contributed by atoms with Crippen molar-refractivity contribution < 1.29 is 24.6 Å². The third kappa shape index (κ3) is 5.72. The molecule has 2 aliphatic heterocycles. The van der Waals surface area contributed by atoms with E-state index in [2.05, 4.69) is 16.4 Å².